The minimum absolute atomic E-state index is 0.693. The van der Waals surface area contributed by atoms with Crippen LogP contribution in [-0.4, -0.2) is 34.9 Å². The molecule has 0 saturated carbocycles. The maximum absolute atomic E-state index is 5.95. The molecule has 2 aromatic rings. The molecule has 0 bridgehead atoms. The number of benzene rings is 1. The van der Waals surface area contributed by atoms with Crippen LogP contribution in [0.4, 0.5) is 0 Å². The second kappa shape index (κ2) is 6.76. The molecule has 0 amide bonds. The molecule has 0 saturated heterocycles. The van der Waals surface area contributed by atoms with Crippen molar-refractivity contribution in [2.24, 2.45) is 7.05 Å². The van der Waals surface area contributed by atoms with Gasteiger partial charge in [0, 0.05) is 26.3 Å². The second-order valence-electron chi connectivity index (χ2n) is 5.74. The van der Waals surface area contributed by atoms with Gasteiger partial charge in [-0.25, -0.2) is 0 Å². The Hall–Kier alpha value is -1.81. The third kappa shape index (κ3) is 4.08. The van der Waals surface area contributed by atoms with Gasteiger partial charge in [-0.1, -0.05) is 6.07 Å². The van der Waals surface area contributed by atoms with E-state index in [1.165, 1.54) is 22.4 Å². The summed E-state index contributed by atoms with van der Waals surface area (Å²) >= 11 is 0. The highest BCUT2D eigenvalue weighted by Crippen LogP contribution is 2.23. The van der Waals surface area contributed by atoms with E-state index in [1.807, 2.05) is 24.0 Å². The molecule has 0 fully saturated rings. The summed E-state index contributed by atoms with van der Waals surface area (Å²) in [5.74, 6) is 1.00. The molecule has 2 rings (SSSR count). The van der Waals surface area contributed by atoms with Crippen molar-refractivity contribution >= 4 is 0 Å². The Bertz CT molecular complexity index is 604. The number of aryl methyl sites for hydroxylation is 3. The number of hydrogen-bond acceptors (Lipinski definition) is 3. The van der Waals surface area contributed by atoms with Crippen molar-refractivity contribution in [3.8, 4) is 5.75 Å². The Morgan fingerprint density at radius 2 is 2.00 bits per heavy atom. The lowest BCUT2D eigenvalue weighted by atomic mass is 10.1. The summed E-state index contributed by atoms with van der Waals surface area (Å²) in [4.78, 5) is 2.25. The van der Waals surface area contributed by atoms with Crippen LogP contribution < -0.4 is 4.74 Å². The van der Waals surface area contributed by atoms with Crippen molar-refractivity contribution < 1.29 is 4.74 Å². The van der Waals surface area contributed by atoms with Gasteiger partial charge in [-0.05, 0) is 56.6 Å². The van der Waals surface area contributed by atoms with Gasteiger partial charge in [0.25, 0.3) is 0 Å². The molecule has 1 aromatic heterocycles. The predicted molar refractivity (Wildman–Crippen MR) is 85.7 cm³/mol. The van der Waals surface area contributed by atoms with E-state index in [1.54, 1.807) is 0 Å². The lowest BCUT2D eigenvalue weighted by Gasteiger charge is -2.18. The Morgan fingerprint density at radius 3 is 2.67 bits per heavy atom. The highest BCUT2D eigenvalue weighted by atomic mass is 16.5. The number of likely N-dealkylation sites (N-methyl/N-ethyl adjacent to an activating group) is 1. The first-order chi connectivity index (χ1) is 9.97. The molecular weight excluding hydrogens is 262 g/mol. The van der Waals surface area contributed by atoms with Crippen LogP contribution in [0.15, 0.2) is 24.4 Å². The van der Waals surface area contributed by atoms with E-state index in [9.17, 15) is 0 Å². The van der Waals surface area contributed by atoms with Crippen LogP contribution in [0.1, 0.15) is 22.4 Å². The normalized spacial score (nSPS) is 11.1. The van der Waals surface area contributed by atoms with E-state index >= 15 is 0 Å². The quantitative estimate of drug-likeness (QED) is 0.818. The molecule has 0 aliphatic heterocycles. The van der Waals surface area contributed by atoms with E-state index in [0.717, 1.165) is 18.8 Å². The van der Waals surface area contributed by atoms with E-state index in [2.05, 4.69) is 50.0 Å². The first-order valence-electron chi connectivity index (χ1n) is 7.33. The van der Waals surface area contributed by atoms with E-state index in [0.29, 0.717) is 6.61 Å². The smallest absolute Gasteiger partial charge is 0.122 e. The minimum atomic E-state index is 0.693. The van der Waals surface area contributed by atoms with Gasteiger partial charge in [0.2, 0.25) is 0 Å². The van der Waals surface area contributed by atoms with Crippen molar-refractivity contribution in [2.45, 2.75) is 27.3 Å². The van der Waals surface area contributed by atoms with Gasteiger partial charge in [-0.15, -0.1) is 0 Å². The van der Waals surface area contributed by atoms with E-state index < -0.39 is 0 Å². The molecule has 0 unspecified atom stereocenters. The Labute approximate surface area is 127 Å². The number of hydrogen-bond donors (Lipinski definition) is 0. The summed E-state index contributed by atoms with van der Waals surface area (Å²) in [6.45, 7) is 8.81. The highest BCUT2D eigenvalue weighted by molar-refractivity contribution is 5.41. The van der Waals surface area contributed by atoms with Crippen molar-refractivity contribution in [2.75, 3.05) is 20.2 Å². The molecule has 0 spiro atoms. The Kier molecular flexibility index (Phi) is 5.02. The maximum atomic E-state index is 5.95. The zero-order chi connectivity index (χ0) is 15.4. The van der Waals surface area contributed by atoms with Gasteiger partial charge < -0.3 is 4.74 Å². The van der Waals surface area contributed by atoms with Crippen LogP contribution in [0.3, 0.4) is 0 Å². The summed E-state index contributed by atoms with van der Waals surface area (Å²) in [7, 11) is 4.07. The van der Waals surface area contributed by atoms with Gasteiger partial charge in [0.15, 0.2) is 0 Å². The predicted octanol–water partition coefficient (Wildman–Crippen LogP) is 2.86. The maximum Gasteiger partial charge on any atom is 0.122 e. The van der Waals surface area contributed by atoms with Crippen LogP contribution in [-0.2, 0) is 13.6 Å². The summed E-state index contributed by atoms with van der Waals surface area (Å²) in [5, 5.41) is 4.19. The summed E-state index contributed by atoms with van der Waals surface area (Å²) in [6, 6.07) is 6.35. The zero-order valence-corrected chi connectivity index (χ0v) is 13.7. The topological polar surface area (TPSA) is 30.3 Å². The van der Waals surface area contributed by atoms with Crippen molar-refractivity contribution in [1.29, 1.82) is 0 Å². The van der Waals surface area contributed by atoms with Crippen LogP contribution >= 0.6 is 0 Å². The molecule has 0 atom stereocenters. The van der Waals surface area contributed by atoms with Crippen LogP contribution in [0.25, 0.3) is 0 Å². The van der Waals surface area contributed by atoms with Crippen molar-refractivity contribution in [3.63, 3.8) is 0 Å². The van der Waals surface area contributed by atoms with Crippen LogP contribution in [0, 0.1) is 20.8 Å². The summed E-state index contributed by atoms with van der Waals surface area (Å²) < 4.78 is 7.86. The number of ether oxygens (including phenoxy) is 1. The van der Waals surface area contributed by atoms with Crippen molar-refractivity contribution in [1.82, 2.24) is 14.7 Å². The van der Waals surface area contributed by atoms with Gasteiger partial charge in [-0.3, -0.25) is 9.58 Å². The summed E-state index contributed by atoms with van der Waals surface area (Å²) in [6.07, 6.45) is 1.83. The molecule has 0 aliphatic rings. The van der Waals surface area contributed by atoms with Crippen LogP contribution in [0.2, 0.25) is 0 Å². The molecule has 0 radical (unpaired) electrons. The van der Waals surface area contributed by atoms with E-state index in [-0.39, 0.29) is 0 Å². The monoisotopic (exact) mass is 287 g/mol. The molecule has 4 nitrogen and oxygen atoms in total. The molecule has 0 N–H and O–H groups in total. The molecule has 0 aliphatic carbocycles. The van der Waals surface area contributed by atoms with Gasteiger partial charge in [0.1, 0.15) is 12.4 Å². The van der Waals surface area contributed by atoms with Crippen LogP contribution in [0.5, 0.6) is 5.75 Å². The first-order valence-corrected chi connectivity index (χ1v) is 7.33. The second-order valence-corrected chi connectivity index (χ2v) is 5.74. The lowest BCUT2D eigenvalue weighted by molar-refractivity contribution is 0.228. The van der Waals surface area contributed by atoms with Gasteiger partial charge in [-0.2, -0.15) is 5.10 Å². The standard InChI is InChI=1S/C17H25N3O/c1-13-10-14(2)15(3)17(11-13)21-9-8-19(4)12-16-6-7-18-20(16)5/h6-7,10-11H,8-9,12H2,1-5H3. The third-order valence-corrected chi connectivity index (χ3v) is 3.85. The molecule has 114 valence electrons. The average Bonchev–Trinajstić information content (AvgIpc) is 2.80. The highest BCUT2D eigenvalue weighted by Gasteiger charge is 2.06. The van der Waals surface area contributed by atoms with Gasteiger partial charge >= 0.3 is 0 Å². The Morgan fingerprint density at radius 1 is 1.24 bits per heavy atom. The number of aromatic nitrogens is 2. The Balaban J connectivity index is 1.85. The molecule has 21 heavy (non-hydrogen) atoms. The first kappa shape index (κ1) is 15.6. The lowest BCUT2D eigenvalue weighted by Crippen LogP contribution is -2.25. The molecule has 4 heteroatoms. The fraction of sp³-hybridized carbons (Fsp3) is 0.471. The fourth-order valence-corrected chi connectivity index (χ4v) is 2.37. The largest absolute Gasteiger partial charge is 0.492 e. The van der Waals surface area contributed by atoms with E-state index in [4.69, 9.17) is 4.74 Å². The number of nitrogens with zero attached hydrogens (tertiary/aromatic N) is 3. The molecule has 1 heterocycles. The third-order valence-electron chi connectivity index (χ3n) is 3.85. The SMILES string of the molecule is Cc1cc(C)c(C)c(OCCN(C)Cc2ccnn2C)c1. The average molecular weight is 287 g/mol. The van der Waals surface area contributed by atoms with Gasteiger partial charge in [0.05, 0.1) is 5.69 Å². The summed E-state index contributed by atoms with van der Waals surface area (Å²) in [5.41, 5.74) is 4.97. The molecule has 1 aromatic carbocycles. The molecular formula is C17H25N3O. The minimum Gasteiger partial charge on any atom is -0.492 e. The zero-order valence-electron chi connectivity index (χ0n) is 13.7. The fourth-order valence-electron chi connectivity index (χ4n) is 2.37. The number of rotatable bonds is 6. The van der Waals surface area contributed by atoms with Crippen molar-refractivity contribution in [3.05, 3.63) is 46.8 Å².